The van der Waals surface area contributed by atoms with Crippen LogP contribution < -0.4 is 11.1 Å². The molecule has 3 heterocycles. The number of imidazole rings is 1. The first-order valence-electron chi connectivity index (χ1n) is 13.0. The van der Waals surface area contributed by atoms with E-state index in [-0.39, 0.29) is 23.6 Å². The highest BCUT2D eigenvalue weighted by Crippen LogP contribution is 2.43. The molecule has 1 saturated heterocycles. The Labute approximate surface area is 208 Å². The molecule has 35 heavy (non-hydrogen) atoms. The molecule has 2 fully saturated rings. The van der Waals surface area contributed by atoms with Gasteiger partial charge in [-0.05, 0) is 55.1 Å². The lowest BCUT2D eigenvalue weighted by atomic mass is 9.64. The zero-order valence-corrected chi connectivity index (χ0v) is 21.8. The first-order chi connectivity index (χ1) is 16.7. The van der Waals surface area contributed by atoms with Gasteiger partial charge in [-0.3, -0.25) is 18.8 Å². The van der Waals surface area contributed by atoms with Crippen LogP contribution in [-0.4, -0.2) is 51.6 Å². The molecule has 0 aromatic carbocycles. The van der Waals surface area contributed by atoms with Crippen molar-refractivity contribution in [2.75, 3.05) is 19.6 Å². The molecule has 4 rings (SSSR count). The summed E-state index contributed by atoms with van der Waals surface area (Å²) in [5, 5.41) is 3.12. The van der Waals surface area contributed by atoms with Gasteiger partial charge in [0.2, 0.25) is 5.91 Å². The predicted molar refractivity (Wildman–Crippen MR) is 137 cm³/mol. The molecule has 1 saturated carbocycles. The van der Waals surface area contributed by atoms with E-state index in [1.54, 1.807) is 33.7 Å². The van der Waals surface area contributed by atoms with Gasteiger partial charge < -0.3 is 16.0 Å². The van der Waals surface area contributed by atoms with Gasteiger partial charge in [-0.1, -0.05) is 47.1 Å². The molecule has 3 N–H and O–H groups in total. The summed E-state index contributed by atoms with van der Waals surface area (Å²) >= 11 is 0. The van der Waals surface area contributed by atoms with Crippen molar-refractivity contribution in [2.24, 2.45) is 28.9 Å². The highest BCUT2D eigenvalue weighted by Gasteiger charge is 2.35. The zero-order chi connectivity index (χ0) is 25.8. The van der Waals surface area contributed by atoms with Gasteiger partial charge in [0.1, 0.15) is 17.0 Å². The Morgan fingerprint density at radius 3 is 2.49 bits per heavy atom. The molecule has 192 valence electrons. The fourth-order valence-corrected chi connectivity index (χ4v) is 5.36. The Morgan fingerprint density at radius 1 is 1.14 bits per heavy atom. The highest BCUT2D eigenvalue weighted by molar-refractivity contribution is 5.95. The van der Waals surface area contributed by atoms with E-state index < -0.39 is 0 Å². The standard InChI is InChI=1S/C25H35N5O3.C2H6/c1-16-18(6-5-11-25(16,2)3)14-27-23(32)20-7-4-8-21-28-19(15-30(20)21)24(33)29-12-9-17(10-13-29)22(26)31;1-2/h4,7-8,15-18H,5-6,9-14H2,1-3H3,(H2,26,31)(H,27,32);1-2H3. The minimum absolute atomic E-state index is 0.158. The summed E-state index contributed by atoms with van der Waals surface area (Å²) in [6.07, 6.45) is 6.32. The number of likely N-dealkylation sites (tertiary alicyclic amines) is 1. The maximum absolute atomic E-state index is 13.1. The van der Waals surface area contributed by atoms with Crippen molar-refractivity contribution >= 4 is 23.4 Å². The molecule has 0 bridgehead atoms. The number of aromatic nitrogens is 2. The average molecular weight is 484 g/mol. The topological polar surface area (TPSA) is 110 Å². The Bertz CT molecular complexity index is 1050. The monoisotopic (exact) mass is 483 g/mol. The third-order valence-electron chi connectivity index (χ3n) is 7.99. The smallest absolute Gasteiger partial charge is 0.274 e. The number of primary amides is 1. The number of fused-ring (bicyclic) bond motifs is 1. The van der Waals surface area contributed by atoms with Crippen molar-refractivity contribution in [3.63, 3.8) is 0 Å². The van der Waals surface area contributed by atoms with Gasteiger partial charge in [0.25, 0.3) is 11.8 Å². The lowest BCUT2D eigenvalue weighted by Crippen LogP contribution is -2.41. The molecule has 2 unspecified atom stereocenters. The Kier molecular flexibility index (Phi) is 8.56. The van der Waals surface area contributed by atoms with Crippen LogP contribution in [0.3, 0.4) is 0 Å². The van der Waals surface area contributed by atoms with Crippen molar-refractivity contribution in [3.05, 3.63) is 35.8 Å². The van der Waals surface area contributed by atoms with Gasteiger partial charge in [-0.2, -0.15) is 0 Å². The van der Waals surface area contributed by atoms with Gasteiger partial charge >= 0.3 is 0 Å². The van der Waals surface area contributed by atoms with Crippen LogP contribution in [0.5, 0.6) is 0 Å². The quantitative estimate of drug-likeness (QED) is 0.672. The zero-order valence-electron chi connectivity index (χ0n) is 21.8. The van der Waals surface area contributed by atoms with E-state index in [9.17, 15) is 14.4 Å². The highest BCUT2D eigenvalue weighted by atomic mass is 16.2. The van der Waals surface area contributed by atoms with Crippen LogP contribution in [0.15, 0.2) is 24.4 Å². The van der Waals surface area contributed by atoms with Crippen molar-refractivity contribution < 1.29 is 14.4 Å². The molecular weight excluding hydrogens is 442 g/mol. The van der Waals surface area contributed by atoms with Gasteiger partial charge in [0.15, 0.2) is 0 Å². The first-order valence-corrected chi connectivity index (χ1v) is 13.0. The van der Waals surface area contributed by atoms with Crippen molar-refractivity contribution in [2.45, 2.75) is 66.7 Å². The third kappa shape index (κ3) is 5.85. The summed E-state index contributed by atoms with van der Waals surface area (Å²) in [4.78, 5) is 43.6. The number of carbonyl (C=O) groups is 3. The molecule has 2 atom stereocenters. The first kappa shape index (κ1) is 26.7. The average Bonchev–Trinajstić information content (AvgIpc) is 3.30. The Hall–Kier alpha value is -2.90. The van der Waals surface area contributed by atoms with Crippen LogP contribution in [0.2, 0.25) is 0 Å². The number of piperidine rings is 1. The predicted octanol–water partition coefficient (Wildman–Crippen LogP) is 3.89. The molecule has 1 aliphatic carbocycles. The van der Waals surface area contributed by atoms with Gasteiger partial charge in [-0.15, -0.1) is 0 Å². The van der Waals surface area contributed by atoms with Gasteiger partial charge in [0, 0.05) is 31.7 Å². The maximum atomic E-state index is 13.1. The van der Waals surface area contributed by atoms with E-state index >= 15 is 0 Å². The minimum Gasteiger partial charge on any atom is -0.369 e. The SMILES string of the molecule is CC.CC1C(CNC(=O)c2cccc3nc(C(=O)N4CCC(C(N)=O)CC4)cn23)CCCC1(C)C. The van der Waals surface area contributed by atoms with Crippen molar-refractivity contribution in [3.8, 4) is 0 Å². The fraction of sp³-hybridized carbons (Fsp3) is 0.630. The number of nitrogens with one attached hydrogen (secondary N) is 1. The Morgan fingerprint density at radius 2 is 1.83 bits per heavy atom. The lowest BCUT2D eigenvalue weighted by Gasteiger charge is -2.42. The summed E-state index contributed by atoms with van der Waals surface area (Å²) in [5.74, 6) is 0.166. The van der Waals surface area contributed by atoms with Crippen LogP contribution in [0.1, 0.15) is 87.7 Å². The van der Waals surface area contributed by atoms with E-state index in [0.29, 0.717) is 66.8 Å². The fourth-order valence-electron chi connectivity index (χ4n) is 5.36. The van der Waals surface area contributed by atoms with Crippen LogP contribution in [-0.2, 0) is 4.79 Å². The number of hydrogen-bond donors (Lipinski definition) is 2. The normalized spacial score (nSPS) is 22.3. The third-order valence-corrected chi connectivity index (χ3v) is 7.99. The van der Waals surface area contributed by atoms with E-state index in [2.05, 4.69) is 31.1 Å². The molecule has 2 aliphatic rings. The summed E-state index contributed by atoms with van der Waals surface area (Å²) in [7, 11) is 0. The summed E-state index contributed by atoms with van der Waals surface area (Å²) in [6, 6.07) is 5.33. The van der Waals surface area contributed by atoms with E-state index in [0.717, 1.165) is 6.42 Å². The maximum Gasteiger partial charge on any atom is 0.274 e. The number of nitrogens with zero attached hydrogens (tertiary/aromatic N) is 3. The lowest BCUT2D eigenvalue weighted by molar-refractivity contribution is -0.123. The summed E-state index contributed by atoms with van der Waals surface area (Å²) in [6.45, 7) is 12.5. The number of carbonyl (C=O) groups excluding carboxylic acids is 3. The minimum atomic E-state index is -0.309. The number of nitrogens with two attached hydrogens (primary N) is 1. The van der Waals surface area contributed by atoms with Crippen molar-refractivity contribution in [1.29, 1.82) is 0 Å². The van der Waals surface area contributed by atoms with Crippen molar-refractivity contribution in [1.82, 2.24) is 19.6 Å². The largest absolute Gasteiger partial charge is 0.369 e. The molecule has 0 radical (unpaired) electrons. The summed E-state index contributed by atoms with van der Waals surface area (Å²) in [5.41, 5.74) is 7.01. The van der Waals surface area contributed by atoms with Crippen LogP contribution in [0.25, 0.3) is 5.65 Å². The number of pyridine rings is 1. The van der Waals surface area contributed by atoms with Crippen LogP contribution in [0, 0.1) is 23.2 Å². The van der Waals surface area contributed by atoms with Gasteiger partial charge in [-0.25, -0.2) is 4.98 Å². The van der Waals surface area contributed by atoms with E-state index in [1.807, 2.05) is 13.8 Å². The number of hydrogen-bond acceptors (Lipinski definition) is 4. The second-order valence-corrected chi connectivity index (χ2v) is 10.4. The molecule has 2 aromatic heterocycles. The second-order valence-electron chi connectivity index (χ2n) is 10.4. The second kappa shape index (κ2) is 11.2. The summed E-state index contributed by atoms with van der Waals surface area (Å²) < 4.78 is 1.69. The molecule has 2 aromatic rings. The number of rotatable bonds is 5. The van der Waals surface area contributed by atoms with Crippen LogP contribution in [0.4, 0.5) is 0 Å². The molecule has 8 heteroatoms. The molecule has 1 aliphatic heterocycles. The van der Waals surface area contributed by atoms with E-state index in [4.69, 9.17) is 5.73 Å². The Balaban J connectivity index is 0.00000167. The molecule has 3 amide bonds. The molecule has 0 spiro atoms. The molecular formula is C27H41N5O3. The van der Waals surface area contributed by atoms with Gasteiger partial charge in [0.05, 0.1) is 0 Å². The van der Waals surface area contributed by atoms with Crippen LogP contribution >= 0.6 is 0 Å². The van der Waals surface area contributed by atoms with E-state index in [1.165, 1.54) is 12.8 Å². The molecule has 8 nitrogen and oxygen atoms in total. The number of amides is 3.